The number of hydrogen-bond donors (Lipinski definition) is 2. The molecule has 1 amide bonds. The van der Waals surface area contributed by atoms with Gasteiger partial charge in [-0.1, -0.05) is 0 Å². The number of benzene rings is 1. The lowest BCUT2D eigenvalue weighted by Crippen LogP contribution is -2.01. The fourth-order valence-electron chi connectivity index (χ4n) is 1.07. The summed E-state index contributed by atoms with van der Waals surface area (Å²) in [6, 6.07) is 4.11. The van der Waals surface area contributed by atoms with E-state index in [1.807, 2.05) is 0 Å². The number of hydrogen-bond acceptors (Lipinski definition) is 4. The van der Waals surface area contributed by atoms with E-state index in [4.69, 9.17) is 10.7 Å². The van der Waals surface area contributed by atoms with Crippen LogP contribution >= 0.6 is 10.7 Å². The molecule has 0 unspecified atom stereocenters. The van der Waals surface area contributed by atoms with Gasteiger partial charge in [0.15, 0.2) is 0 Å². The van der Waals surface area contributed by atoms with Crippen LogP contribution in [0.5, 0.6) is 0 Å². The molecule has 0 heterocycles. The molecule has 0 bridgehead atoms. The Balaban J connectivity index is 3.25. The van der Waals surface area contributed by atoms with Gasteiger partial charge >= 0.3 is 0 Å². The molecule has 0 fully saturated rings. The molecule has 0 aliphatic heterocycles. The van der Waals surface area contributed by atoms with E-state index in [2.05, 4.69) is 10.6 Å². The summed E-state index contributed by atoms with van der Waals surface area (Å²) >= 11 is 0. The smallest absolute Gasteiger partial charge is 0.261 e. The molecule has 2 N–H and O–H groups in total. The maximum absolute atomic E-state index is 11.0. The Labute approximate surface area is 91.9 Å². The van der Waals surface area contributed by atoms with Crippen molar-refractivity contribution in [1.29, 1.82) is 0 Å². The van der Waals surface area contributed by atoms with Crippen LogP contribution in [-0.4, -0.2) is 21.9 Å². The molecule has 0 saturated heterocycles. The van der Waals surface area contributed by atoms with Gasteiger partial charge in [0.25, 0.3) is 9.05 Å². The molecule has 0 aliphatic rings. The second-order valence-corrected chi connectivity index (χ2v) is 5.22. The van der Waals surface area contributed by atoms with E-state index in [1.165, 1.54) is 18.2 Å². The van der Waals surface area contributed by atoms with E-state index in [0.29, 0.717) is 17.8 Å². The van der Waals surface area contributed by atoms with Crippen LogP contribution in [0.3, 0.4) is 0 Å². The first-order valence-corrected chi connectivity index (χ1v) is 6.26. The Morgan fingerprint density at radius 1 is 1.33 bits per heavy atom. The zero-order valence-corrected chi connectivity index (χ0v) is 9.39. The molecule has 1 aromatic carbocycles. The maximum Gasteiger partial charge on any atom is 0.261 e. The molecule has 82 valence electrons. The highest BCUT2D eigenvalue weighted by atomic mass is 35.7. The summed E-state index contributed by atoms with van der Waals surface area (Å²) in [5.41, 5.74) is 0.959. The van der Waals surface area contributed by atoms with Crippen molar-refractivity contribution in [3.63, 3.8) is 0 Å². The molecule has 15 heavy (non-hydrogen) atoms. The Kier molecular flexibility index (Phi) is 3.54. The molecule has 1 aromatic rings. The minimum absolute atomic E-state index is 0.0232. The van der Waals surface area contributed by atoms with Gasteiger partial charge < -0.3 is 10.6 Å². The fraction of sp³-hybridized carbons (Fsp3) is 0.125. The monoisotopic (exact) mass is 248 g/mol. The van der Waals surface area contributed by atoms with Crippen molar-refractivity contribution < 1.29 is 13.2 Å². The number of carbonyl (C=O) groups is 1. The van der Waals surface area contributed by atoms with E-state index in [1.54, 1.807) is 7.05 Å². The standard InChI is InChI=1S/C8H9ClN2O3S/c1-10-8-4-6(15(9,13)14)2-3-7(8)11-5-12/h2-5,10H,1H3,(H,11,12). The highest BCUT2D eigenvalue weighted by Gasteiger charge is 2.12. The van der Waals surface area contributed by atoms with Gasteiger partial charge in [0.2, 0.25) is 6.41 Å². The number of halogens is 1. The predicted molar refractivity (Wildman–Crippen MR) is 58.7 cm³/mol. The first kappa shape index (κ1) is 11.8. The molecule has 0 atom stereocenters. The highest BCUT2D eigenvalue weighted by Crippen LogP contribution is 2.26. The van der Waals surface area contributed by atoms with Crippen molar-refractivity contribution in [3.05, 3.63) is 18.2 Å². The summed E-state index contributed by atoms with van der Waals surface area (Å²) in [6.07, 6.45) is 0.505. The first-order chi connectivity index (χ1) is 6.99. The highest BCUT2D eigenvalue weighted by molar-refractivity contribution is 8.13. The van der Waals surface area contributed by atoms with Gasteiger partial charge in [-0.3, -0.25) is 4.79 Å². The van der Waals surface area contributed by atoms with Gasteiger partial charge in [-0.05, 0) is 18.2 Å². The number of rotatable bonds is 4. The van der Waals surface area contributed by atoms with E-state index in [9.17, 15) is 13.2 Å². The van der Waals surface area contributed by atoms with E-state index < -0.39 is 9.05 Å². The van der Waals surface area contributed by atoms with Crippen LogP contribution in [0.2, 0.25) is 0 Å². The van der Waals surface area contributed by atoms with Crippen molar-refractivity contribution in [3.8, 4) is 0 Å². The molecule has 0 spiro atoms. The molecular formula is C8H9ClN2O3S. The Morgan fingerprint density at radius 3 is 2.47 bits per heavy atom. The lowest BCUT2D eigenvalue weighted by Gasteiger charge is -2.08. The van der Waals surface area contributed by atoms with Crippen molar-refractivity contribution in [1.82, 2.24) is 0 Å². The molecule has 0 radical (unpaired) electrons. The minimum Gasteiger partial charge on any atom is -0.386 e. The van der Waals surface area contributed by atoms with Crippen molar-refractivity contribution >= 4 is 37.5 Å². The van der Waals surface area contributed by atoms with Crippen molar-refractivity contribution in [2.75, 3.05) is 17.7 Å². The fourth-order valence-corrected chi connectivity index (χ4v) is 1.85. The maximum atomic E-state index is 11.0. The third-order valence-corrected chi connectivity index (χ3v) is 3.11. The number of amides is 1. The Morgan fingerprint density at radius 2 is 2.00 bits per heavy atom. The Hall–Kier alpha value is -1.27. The van der Waals surface area contributed by atoms with Gasteiger partial charge in [0.1, 0.15) is 0 Å². The topological polar surface area (TPSA) is 75.3 Å². The summed E-state index contributed by atoms with van der Waals surface area (Å²) in [7, 11) is 3.03. The van der Waals surface area contributed by atoms with Gasteiger partial charge in [-0.2, -0.15) is 0 Å². The van der Waals surface area contributed by atoms with Crippen LogP contribution in [0.1, 0.15) is 0 Å². The van der Waals surface area contributed by atoms with Crippen LogP contribution in [-0.2, 0) is 13.8 Å². The quantitative estimate of drug-likeness (QED) is 0.621. The second-order valence-electron chi connectivity index (χ2n) is 2.66. The van der Waals surface area contributed by atoms with Crippen molar-refractivity contribution in [2.24, 2.45) is 0 Å². The van der Waals surface area contributed by atoms with Crippen LogP contribution in [0.4, 0.5) is 11.4 Å². The molecule has 7 heteroatoms. The van der Waals surface area contributed by atoms with E-state index >= 15 is 0 Å². The minimum atomic E-state index is -3.75. The summed E-state index contributed by atoms with van der Waals surface area (Å²) < 4.78 is 22.0. The van der Waals surface area contributed by atoms with Crippen LogP contribution in [0.25, 0.3) is 0 Å². The lowest BCUT2D eigenvalue weighted by molar-refractivity contribution is -0.105. The predicted octanol–water partition coefficient (Wildman–Crippen LogP) is 1.22. The molecular weight excluding hydrogens is 240 g/mol. The second kappa shape index (κ2) is 4.50. The number of anilines is 2. The average molecular weight is 249 g/mol. The van der Waals surface area contributed by atoms with Crippen molar-refractivity contribution in [2.45, 2.75) is 4.90 Å². The summed E-state index contributed by atoms with van der Waals surface area (Å²) in [4.78, 5) is 10.2. The van der Waals surface area contributed by atoms with Gasteiger partial charge in [-0.15, -0.1) is 0 Å². The molecule has 5 nitrogen and oxygen atoms in total. The summed E-state index contributed by atoms with van der Waals surface area (Å²) in [6.45, 7) is 0. The third-order valence-electron chi connectivity index (χ3n) is 1.76. The van der Waals surface area contributed by atoms with Crippen LogP contribution in [0, 0.1) is 0 Å². The normalized spacial score (nSPS) is 10.8. The average Bonchev–Trinajstić information content (AvgIpc) is 2.17. The third kappa shape index (κ3) is 2.84. The first-order valence-electron chi connectivity index (χ1n) is 3.95. The summed E-state index contributed by atoms with van der Waals surface area (Å²) in [5, 5.41) is 5.17. The molecule has 0 aromatic heterocycles. The molecule has 1 rings (SSSR count). The summed E-state index contributed by atoms with van der Waals surface area (Å²) in [5.74, 6) is 0. The lowest BCUT2D eigenvalue weighted by atomic mass is 10.2. The van der Waals surface area contributed by atoms with E-state index in [-0.39, 0.29) is 4.90 Å². The molecule has 0 aliphatic carbocycles. The SMILES string of the molecule is CNc1cc(S(=O)(=O)Cl)ccc1NC=O. The van der Waals surface area contributed by atoms with Crippen LogP contribution in [0.15, 0.2) is 23.1 Å². The van der Waals surface area contributed by atoms with Crippen LogP contribution < -0.4 is 10.6 Å². The zero-order chi connectivity index (χ0) is 11.5. The van der Waals surface area contributed by atoms with E-state index in [0.717, 1.165) is 0 Å². The Bertz CT molecular complexity index is 473. The number of carbonyl (C=O) groups excluding carboxylic acids is 1. The number of nitrogens with one attached hydrogen (secondary N) is 2. The van der Waals surface area contributed by atoms with Gasteiger partial charge in [0, 0.05) is 17.7 Å². The van der Waals surface area contributed by atoms with Gasteiger partial charge in [-0.25, -0.2) is 8.42 Å². The van der Waals surface area contributed by atoms with Gasteiger partial charge in [0.05, 0.1) is 16.3 Å². The molecule has 0 saturated carbocycles. The largest absolute Gasteiger partial charge is 0.386 e. The zero-order valence-electron chi connectivity index (χ0n) is 7.82.